The first-order valence-corrected chi connectivity index (χ1v) is 10.8. The highest BCUT2D eigenvalue weighted by Crippen LogP contribution is 2.48. The van der Waals surface area contributed by atoms with Crippen molar-refractivity contribution in [2.24, 2.45) is 5.92 Å². The van der Waals surface area contributed by atoms with Crippen LogP contribution in [0.2, 0.25) is 0 Å². The van der Waals surface area contributed by atoms with Crippen LogP contribution < -0.4 is 9.96 Å². The van der Waals surface area contributed by atoms with E-state index >= 15 is 0 Å². The van der Waals surface area contributed by atoms with E-state index < -0.39 is 41.6 Å². The van der Waals surface area contributed by atoms with Crippen molar-refractivity contribution >= 4 is 23.2 Å². The van der Waals surface area contributed by atoms with E-state index in [1.54, 1.807) is 49.4 Å². The molecule has 8 heteroatoms. The van der Waals surface area contributed by atoms with Gasteiger partial charge in [-0.15, -0.1) is 0 Å². The highest BCUT2D eigenvalue weighted by atomic mass is 19.4. The summed E-state index contributed by atoms with van der Waals surface area (Å²) in [5.41, 5.74) is 2.14. The lowest BCUT2D eigenvalue weighted by Crippen LogP contribution is -2.37. The molecule has 0 aliphatic carbocycles. The third-order valence-corrected chi connectivity index (χ3v) is 6.27. The van der Waals surface area contributed by atoms with Crippen LogP contribution in [0.1, 0.15) is 28.3 Å². The summed E-state index contributed by atoms with van der Waals surface area (Å²) in [4.78, 5) is 34.1. The van der Waals surface area contributed by atoms with Crippen LogP contribution in [0, 0.1) is 19.8 Å². The molecule has 0 spiro atoms. The van der Waals surface area contributed by atoms with Crippen molar-refractivity contribution in [2.45, 2.75) is 32.2 Å². The largest absolute Gasteiger partial charge is 0.416 e. The van der Waals surface area contributed by atoms with E-state index in [9.17, 15) is 22.8 Å². The number of aryl methyl sites for hydroxylation is 2. The monoisotopic (exact) mass is 466 g/mol. The quantitative estimate of drug-likeness (QED) is 0.487. The molecular formula is C26H21F3N2O3. The molecule has 174 valence electrons. The van der Waals surface area contributed by atoms with Crippen molar-refractivity contribution < 1.29 is 27.6 Å². The Balaban J connectivity index is 1.61. The summed E-state index contributed by atoms with van der Waals surface area (Å²) in [5, 5.41) is 1.39. The summed E-state index contributed by atoms with van der Waals surface area (Å²) >= 11 is 0. The highest BCUT2D eigenvalue weighted by molar-refractivity contribution is 6.24. The number of carbonyl (C=O) groups excluding carboxylic acids is 2. The topological polar surface area (TPSA) is 49.9 Å². The average molecular weight is 466 g/mol. The number of fused-ring (bicyclic) bond motifs is 1. The Morgan fingerprint density at radius 3 is 2.26 bits per heavy atom. The molecule has 3 aromatic carbocycles. The molecule has 0 saturated carbocycles. The molecule has 0 N–H and O–H groups in total. The number of benzene rings is 3. The van der Waals surface area contributed by atoms with Gasteiger partial charge in [-0.2, -0.15) is 13.2 Å². The van der Waals surface area contributed by atoms with E-state index in [0.29, 0.717) is 11.4 Å². The van der Waals surface area contributed by atoms with Crippen molar-refractivity contribution in [1.82, 2.24) is 0 Å². The zero-order valence-corrected chi connectivity index (χ0v) is 18.4. The SMILES string of the molecule is Cc1ccc(N2C(=O)[C@H]3[C@H](ON(c4ccccc4)[C@@H]3c3cccc(C(F)(F)F)c3)C2=O)c(C)c1. The van der Waals surface area contributed by atoms with E-state index in [1.165, 1.54) is 17.2 Å². The number of amides is 2. The number of nitrogens with zero attached hydrogens (tertiary/aromatic N) is 2. The smallest absolute Gasteiger partial charge is 0.273 e. The Morgan fingerprint density at radius 1 is 0.853 bits per heavy atom. The maximum Gasteiger partial charge on any atom is 0.416 e. The molecule has 34 heavy (non-hydrogen) atoms. The van der Waals surface area contributed by atoms with Crippen molar-refractivity contribution in [3.05, 3.63) is 95.1 Å². The van der Waals surface area contributed by atoms with E-state index in [4.69, 9.17) is 4.84 Å². The van der Waals surface area contributed by atoms with Gasteiger partial charge in [-0.05, 0) is 55.3 Å². The Bertz CT molecular complexity index is 1280. The van der Waals surface area contributed by atoms with Gasteiger partial charge in [0.15, 0.2) is 6.10 Å². The first kappa shape index (κ1) is 22.2. The number of hydroxylamine groups is 1. The summed E-state index contributed by atoms with van der Waals surface area (Å²) < 4.78 is 40.4. The van der Waals surface area contributed by atoms with E-state index in [0.717, 1.165) is 28.2 Å². The summed E-state index contributed by atoms with van der Waals surface area (Å²) in [5.74, 6) is -2.03. The second kappa shape index (κ2) is 7.99. The molecule has 3 atom stereocenters. The summed E-state index contributed by atoms with van der Waals surface area (Å²) in [6.07, 6.45) is -5.69. The zero-order valence-electron chi connectivity index (χ0n) is 18.4. The van der Waals surface area contributed by atoms with Crippen LogP contribution >= 0.6 is 0 Å². The van der Waals surface area contributed by atoms with Gasteiger partial charge in [0.05, 0.1) is 23.0 Å². The first-order valence-electron chi connectivity index (χ1n) is 10.8. The Labute approximate surface area is 194 Å². The van der Waals surface area contributed by atoms with E-state index in [-0.39, 0.29) is 5.56 Å². The van der Waals surface area contributed by atoms with Gasteiger partial charge in [0.1, 0.15) is 5.92 Å². The maximum atomic E-state index is 13.7. The fourth-order valence-electron chi connectivity index (χ4n) is 4.74. The van der Waals surface area contributed by atoms with E-state index in [2.05, 4.69) is 0 Å². The van der Waals surface area contributed by atoms with Crippen LogP contribution in [0.25, 0.3) is 0 Å². The van der Waals surface area contributed by atoms with Crippen molar-refractivity contribution in [3.8, 4) is 0 Å². The molecule has 5 nitrogen and oxygen atoms in total. The number of rotatable bonds is 3. The molecule has 2 heterocycles. The van der Waals surface area contributed by atoms with Gasteiger partial charge in [-0.25, -0.2) is 9.96 Å². The predicted octanol–water partition coefficient (Wildman–Crippen LogP) is 5.37. The van der Waals surface area contributed by atoms with Gasteiger partial charge in [0.25, 0.3) is 5.91 Å². The molecule has 5 rings (SSSR count). The highest BCUT2D eigenvalue weighted by Gasteiger charge is 2.60. The second-order valence-electron chi connectivity index (χ2n) is 8.58. The second-order valence-corrected chi connectivity index (χ2v) is 8.58. The normalized spacial score (nSPS) is 22.4. The van der Waals surface area contributed by atoms with Gasteiger partial charge < -0.3 is 0 Å². The van der Waals surface area contributed by atoms with Crippen molar-refractivity contribution in [3.63, 3.8) is 0 Å². The molecule has 0 aromatic heterocycles. The third kappa shape index (κ3) is 3.54. The number of imide groups is 1. The molecule has 2 fully saturated rings. The van der Waals surface area contributed by atoms with Gasteiger partial charge in [0.2, 0.25) is 5.91 Å². The Morgan fingerprint density at radius 2 is 1.59 bits per heavy atom. The first-order chi connectivity index (χ1) is 16.2. The van der Waals surface area contributed by atoms with Gasteiger partial charge in [0, 0.05) is 0 Å². The fourth-order valence-corrected chi connectivity index (χ4v) is 4.74. The summed E-state index contributed by atoms with van der Waals surface area (Å²) in [6, 6.07) is 18.0. The molecule has 2 amide bonds. The number of alkyl halides is 3. The van der Waals surface area contributed by atoms with Crippen molar-refractivity contribution in [2.75, 3.05) is 9.96 Å². The number of carbonyl (C=O) groups is 2. The number of hydrogen-bond acceptors (Lipinski definition) is 4. The van der Waals surface area contributed by atoms with Gasteiger partial charge in [-0.1, -0.05) is 48.0 Å². The third-order valence-electron chi connectivity index (χ3n) is 6.27. The number of halogens is 3. The van der Waals surface area contributed by atoms with E-state index in [1.807, 2.05) is 13.0 Å². The van der Waals surface area contributed by atoms with Crippen LogP contribution in [-0.4, -0.2) is 17.9 Å². The molecule has 2 aliphatic heterocycles. The average Bonchev–Trinajstić information content (AvgIpc) is 3.31. The van der Waals surface area contributed by atoms with Crippen LogP contribution in [-0.2, 0) is 20.6 Å². The predicted molar refractivity (Wildman–Crippen MR) is 120 cm³/mol. The van der Waals surface area contributed by atoms with Crippen molar-refractivity contribution in [1.29, 1.82) is 0 Å². The van der Waals surface area contributed by atoms with Crippen LogP contribution in [0.15, 0.2) is 72.8 Å². The minimum absolute atomic E-state index is 0.245. The molecule has 2 aliphatic rings. The molecule has 3 aromatic rings. The number of anilines is 2. The lowest BCUT2D eigenvalue weighted by atomic mass is 9.89. The van der Waals surface area contributed by atoms with Gasteiger partial charge in [-0.3, -0.25) is 14.4 Å². The van der Waals surface area contributed by atoms with Crippen LogP contribution in [0.5, 0.6) is 0 Å². The minimum Gasteiger partial charge on any atom is -0.273 e. The Kier molecular flexibility index (Phi) is 5.20. The standard InChI is InChI=1S/C26H21F3N2O3/c1-15-11-12-20(16(2)13-15)30-24(32)21-22(17-7-6-8-18(14-17)26(27,28)29)31(34-23(21)25(30)33)19-9-4-3-5-10-19/h3-14,21-23H,1-2H3/t21-,22-,23+/m1/s1. The lowest BCUT2D eigenvalue weighted by molar-refractivity contribution is -0.137. The Hall–Kier alpha value is -3.65. The van der Waals surface area contributed by atoms with Crippen LogP contribution in [0.4, 0.5) is 24.5 Å². The van der Waals surface area contributed by atoms with Gasteiger partial charge >= 0.3 is 6.18 Å². The maximum absolute atomic E-state index is 13.7. The summed E-state index contributed by atoms with van der Waals surface area (Å²) in [6.45, 7) is 3.71. The summed E-state index contributed by atoms with van der Waals surface area (Å²) in [7, 11) is 0. The fraction of sp³-hybridized carbons (Fsp3) is 0.231. The molecule has 2 saturated heterocycles. The molecule has 0 bridgehead atoms. The lowest BCUT2D eigenvalue weighted by Gasteiger charge is -2.29. The number of hydrogen-bond donors (Lipinski definition) is 0. The van der Waals surface area contributed by atoms with Crippen LogP contribution in [0.3, 0.4) is 0 Å². The zero-order chi connectivity index (χ0) is 24.2. The number of para-hydroxylation sites is 1. The molecule has 0 unspecified atom stereocenters. The minimum atomic E-state index is -4.55. The molecule has 0 radical (unpaired) electrons. The molecular weight excluding hydrogens is 445 g/mol.